The van der Waals surface area contributed by atoms with E-state index in [4.69, 9.17) is 4.74 Å². The zero-order valence-corrected chi connectivity index (χ0v) is 14.1. The molecule has 1 fully saturated rings. The maximum absolute atomic E-state index is 12.4. The number of hydrogen-bond donors (Lipinski definition) is 0. The van der Waals surface area contributed by atoms with Gasteiger partial charge in [-0.25, -0.2) is 0 Å². The molecule has 1 heterocycles. The minimum atomic E-state index is -4.38. The van der Waals surface area contributed by atoms with Crippen LogP contribution in [0.1, 0.15) is 10.4 Å². The van der Waals surface area contributed by atoms with E-state index in [0.717, 1.165) is 13.1 Å². The van der Waals surface area contributed by atoms with Crippen LogP contribution in [-0.2, 0) is 0 Å². The molecular weight excluding hydrogens is 412 g/mol. The number of benzene rings is 1. The highest BCUT2D eigenvalue weighted by Gasteiger charge is 2.29. The number of piperazine rings is 1. The van der Waals surface area contributed by atoms with Crippen molar-refractivity contribution in [2.75, 3.05) is 39.8 Å². The van der Waals surface area contributed by atoms with Gasteiger partial charge in [0.25, 0.3) is 5.91 Å². The summed E-state index contributed by atoms with van der Waals surface area (Å²) in [6, 6.07) is 4.48. The first kappa shape index (κ1) is 17.3. The number of halogens is 4. The van der Waals surface area contributed by atoms with Crippen molar-refractivity contribution in [2.45, 2.75) is 6.18 Å². The van der Waals surface area contributed by atoms with Crippen LogP contribution < -0.4 is 4.74 Å². The maximum Gasteiger partial charge on any atom is 0.422 e. The van der Waals surface area contributed by atoms with E-state index in [9.17, 15) is 18.0 Å². The lowest BCUT2D eigenvalue weighted by Crippen LogP contribution is -2.47. The molecule has 0 aromatic heterocycles. The van der Waals surface area contributed by atoms with Crippen LogP contribution in [0, 0.1) is 3.57 Å². The van der Waals surface area contributed by atoms with Crippen LogP contribution in [-0.4, -0.2) is 61.7 Å². The highest BCUT2D eigenvalue weighted by molar-refractivity contribution is 14.1. The molecule has 0 N–H and O–H groups in total. The van der Waals surface area contributed by atoms with E-state index in [1.54, 1.807) is 11.0 Å². The lowest BCUT2D eigenvalue weighted by atomic mass is 10.1. The first-order valence-electron chi connectivity index (χ1n) is 6.73. The summed E-state index contributed by atoms with van der Waals surface area (Å²) >= 11 is 1.87. The molecule has 122 valence electrons. The monoisotopic (exact) mass is 428 g/mol. The number of alkyl halides is 3. The van der Waals surface area contributed by atoms with E-state index in [1.165, 1.54) is 12.1 Å². The second kappa shape index (κ2) is 7.03. The molecule has 0 unspecified atom stereocenters. The Morgan fingerprint density at radius 2 is 1.91 bits per heavy atom. The van der Waals surface area contributed by atoms with Crippen molar-refractivity contribution in [1.82, 2.24) is 9.80 Å². The zero-order chi connectivity index (χ0) is 16.3. The molecule has 1 aliphatic heterocycles. The normalized spacial score (nSPS) is 16.7. The molecule has 1 saturated heterocycles. The summed E-state index contributed by atoms with van der Waals surface area (Å²) in [5, 5.41) is 0. The summed E-state index contributed by atoms with van der Waals surface area (Å²) < 4.78 is 41.7. The van der Waals surface area contributed by atoms with Crippen LogP contribution in [0.25, 0.3) is 0 Å². The Labute approximate surface area is 140 Å². The standard InChI is InChI=1S/C14H16F3IN2O2/c1-19-4-6-20(7-5-19)13(21)10-2-3-12(11(18)8-10)22-9-14(15,16)17/h2-3,8H,4-7,9H2,1H3. The molecule has 0 spiro atoms. The molecule has 1 aliphatic rings. The predicted molar refractivity (Wildman–Crippen MR) is 84.1 cm³/mol. The van der Waals surface area contributed by atoms with Crippen LogP contribution in [0.2, 0.25) is 0 Å². The number of hydrogen-bond acceptors (Lipinski definition) is 3. The van der Waals surface area contributed by atoms with Crippen LogP contribution in [0.3, 0.4) is 0 Å². The van der Waals surface area contributed by atoms with Gasteiger partial charge in [0.2, 0.25) is 0 Å². The average Bonchev–Trinajstić information content (AvgIpc) is 2.45. The number of carbonyl (C=O) groups excluding carboxylic acids is 1. The third kappa shape index (κ3) is 4.73. The van der Waals surface area contributed by atoms with Crippen molar-refractivity contribution < 1.29 is 22.7 Å². The second-order valence-electron chi connectivity index (χ2n) is 5.14. The van der Waals surface area contributed by atoms with Crippen LogP contribution in [0.15, 0.2) is 18.2 Å². The topological polar surface area (TPSA) is 32.8 Å². The van der Waals surface area contributed by atoms with Crippen molar-refractivity contribution >= 4 is 28.5 Å². The number of rotatable bonds is 3. The molecule has 0 radical (unpaired) electrons. The van der Waals surface area contributed by atoms with Gasteiger partial charge in [0, 0.05) is 31.7 Å². The SMILES string of the molecule is CN1CCN(C(=O)c2ccc(OCC(F)(F)F)c(I)c2)CC1. The minimum Gasteiger partial charge on any atom is -0.483 e. The van der Waals surface area contributed by atoms with Gasteiger partial charge in [0.15, 0.2) is 6.61 Å². The fraction of sp³-hybridized carbons (Fsp3) is 0.500. The van der Waals surface area contributed by atoms with Gasteiger partial charge in [0.1, 0.15) is 5.75 Å². The molecule has 8 heteroatoms. The van der Waals surface area contributed by atoms with Gasteiger partial charge in [-0.3, -0.25) is 4.79 Å². The van der Waals surface area contributed by atoms with Gasteiger partial charge in [-0.1, -0.05) is 0 Å². The van der Waals surface area contributed by atoms with E-state index in [0.29, 0.717) is 22.2 Å². The van der Waals surface area contributed by atoms with Crippen LogP contribution in [0.5, 0.6) is 5.75 Å². The number of amides is 1. The van der Waals surface area contributed by atoms with Gasteiger partial charge >= 0.3 is 6.18 Å². The third-order valence-electron chi connectivity index (χ3n) is 3.36. The van der Waals surface area contributed by atoms with Gasteiger partial charge in [-0.2, -0.15) is 13.2 Å². The molecule has 0 bridgehead atoms. The highest BCUT2D eigenvalue weighted by atomic mass is 127. The van der Waals surface area contributed by atoms with E-state index in [2.05, 4.69) is 4.90 Å². The summed E-state index contributed by atoms with van der Waals surface area (Å²) in [5.74, 6) is 0.0289. The third-order valence-corrected chi connectivity index (χ3v) is 4.20. The molecule has 1 aromatic carbocycles. The summed E-state index contributed by atoms with van der Waals surface area (Å²) in [6.45, 7) is 1.59. The molecule has 0 saturated carbocycles. The Hall–Kier alpha value is -1.03. The van der Waals surface area contributed by atoms with Gasteiger partial charge < -0.3 is 14.5 Å². The summed E-state index contributed by atoms with van der Waals surface area (Å²) in [6.07, 6.45) is -4.38. The average molecular weight is 428 g/mol. The number of nitrogens with zero attached hydrogens (tertiary/aromatic N) is 2. The molecular formula is C14H16F3IN2O2. The predicted octanol–water partition coefficient (Wildman–Crippen LogP) is 2.62. The lowest BCUT2D eigenvalue weighted by molar-refractivity contribution is -0.153. The fourth-order valence-corrected chi connectivity index (χ4v) is 2.77. The maximum atomic E-state index is 12.4. The molecule has 2 rings (SSSR count). The first-order valence-corrected chi connectivity index (χ1v) is 7.81. The second-order valence-corrected chi connectivity index (χ2v) is 6.31. The Bertz CT molecular complexity index is 543. The first-order chi connectivity index (χ1) is 10.3. The van der Waals surface area contributed by atoms with Crippen molar-refractivity contribution in [2.24, 2.45) is 0 Å². The lowest BCUT2D eigenvalue weighted by Gasteiger charge is -2.32. The van der Waals surface area contributed by atoms with Gasteiger partial charge in [0.05, 0.1) is 3.57 Å². The van der Waals surface area contributed by atoms with E-state index in [-0.39, 0.29) is 11.7 Å². The fourth-order valence-electron chi connectivity index (χ4n) is 2.10. The van der Waals surface area contributed by atoms with E-state index < -0.39 is 12.8 Å². The Kier molecular flexibility index (Phi) is 5.54. The molecule has 0 atom stereocenters. The number of ether oxygens (including phenoxy) is 1. The molecule has 22 heavy (non-hydrogen) atoms. The number of likely N-dealkylation sites (N-methyl/N-ethyl adjacent to an activating group) is 1. The summed E-state index contributed by atoms with van der Waals surface area (Å²) in [7, 11) is 2.00. The molecule has 0 aliphatic carbocycles. The Morgan fingerprint density at radius 1 is 1.27 bits per heavy atom. The zero-order valence-electron chi connectivity index (χ0n) is 12.0. The molecule has 1 amide bonds. The van der Waals surface area contributed by atoms with Crippen LogP contribution >= 0.6 is 22.6 Å². The van der Waals surface area contributed by atoms with Crippen molar-refractivity contribution in [1.29, 1.82) is 0 Å². The smallest absolute Gasteiger partial charge is 0.422 e. The van der Waals surface area contributed by atoms with E-state index >= 15 is 0 Å². The van der Waals surface area contributed by atoms with Crippen molar-refractivity contribution in [3.63, 3.8) is 0 Å². The quantitative estimate of drug-likeness (QED) is 0.695. The molecule has 1 aromatic rings. The van der Waals surface area contributed by atoms with Gasteiger partial charge in [-0.15, -0.1) is 0 Å². The van der Waals surface area contributed by atoms with Crippen molar-refractivity contribution in [3.8, 4) is 5.75 Å². The minimum absolute atomic E-state index is 0.103. The Morgan fingerprint density at radius 3 is 2.45 bits per heavy atom. The van der Waals surface area contributed by atoms with E-state index in [1.807, 2.05) is 29.6 Å². The van der Waals surface area contributed by atoms with Crippen LogP contribution in [0.4, 0.5) is 13.2 Å². The highest BCUT2D eigenvalue weighted by Crippen LogP contribution is 2.25. The number of carbonyl (C=O) groups is 1. The summed E-state index contributed by atoms with van der Waals surface area (Å²) in [5.41, 5.74) is 0.466. The molecule has 4 nitrogen and oxygen atoms in total. The largest absolute Gasteiger partial charge is 0.483 e. The van der Waals surface area contributed by atoms with Gasteiger partial charge in [-0.05, 0) is 47.8 Å². The Balaban J connectivity index is 2.03. The summed E-state index contributed by atoms with van der Waals surface area (Å²) in [4.78, 5) is 16.3. The van der Waals surface area contributed by atoms with Crippen molar-refractivity contribution in [3.05, 3.63) is 27.3 Å².